The largest absolute Gasteiger partial charge is 0.465 e. The van der Waals surface area contributed by atoms with Crippen LogP contribution in [0.15, 0.2) is 85.2 Å². The molecule has 2 fully saturated rings. The van der Waals surface area contributed by atoms with Crippen LogP contribution in [0.5, 0.6) is 5.75 Å². The molecule has 3 aromatic carbocycles. The molecule has 3 aliphatic rings. The Kier molecular flexibility index (Phi) is 11.8. The molecule has 4 amide bonds. The second-order valence-electron chi connectivity index (χ2n) is 17.7. The number of likely N-dealkylation sites (tertiary alicyclic amines) is 2. The summed E-state index contributed by atoms with van der Waals surface area (Å²) < 4.78 is 18.8. The molecule has 65 heavy (non-hydrogen) atoms. The van der Waals surface area contributed by atoms with Crippen molar-refractivity contribution >= 4 is 34.9 Å². The maximum Gasteiger partial charge on any atom is 0.407 e. The number of fused-ring (bicyclic) bond motifs is 5. The number of H-pyrrole nitrogens is 2. The maximum absolute atomic E-state index is 13.8. The predicted octanol–water partition coefficient (Wildman–Crippen LogP) is 8.12. The molecule has 6 heterocycles. The van der Waals surface area contributed by atoms with E-state index >= 15 is 0 Å². The molecule has 16 nitrogen and oxygen atoms in total. The molecule has 338 valence electrons. The monoisotopic (exact) mass is 881 g/mol. The fourth-order valence-corrected chi connectivity index (χ4v) is 9.56. The molecular weight excluding hydrogens is 827 g/mol. The fourth-order valence-electron chi connectivity index (χ4n) is 9.56. The number of methoxy groups -OCH3 is 2. The molecule has 2 unspecified atom stereocenters. The van der Waals surface area contributed by atoms with E-state index in [4.69, 9.17) is 24.2 Å². The van der Waals surface area contributed by atoms with Gasteiger partial charge in [0, 0.05) is 40.7 Å². The van der Waals surface area contributed by atoms with E-state index in [1.165, 1.54) is 14.2 Å². The van der Waals surface area contributed by atoms with Gasteiger partial charge in [-0.15, -0.1) is 0 Å². The molecule has 0 aliphatic carbocycles. The number of hydrogen-bond acceptors (Lipinski definition) is 9. The second kappa shape index (κ2) is 17.8. The molecule has 16 heteroatoms. The summed E-state index contributed by atoms with van der Waals surface area (Å²) in [6.07, 6.45) is 5.05. The summed E-state index contributed by atoms with van der Waals surface area (Å²) in [7, 11) is 2.58. The first-order chi connectivity index (χ1) is 31.4. The highest BCUT2D eigenvalue weighted by Crippen LogP contribution is 2.46. The van der Waals surface area contributed by atoms with E-state index in [0.29, 0.717) is 24.7 Å². The van der Waals surface area contributed by atoms with Crippen LogP contribution in [0.25, 0.3) is 44.7 Å². The van der Waals surface area contributed by atoms with Crippen LogP contribution < -0.4 is 15.4 Å². The highest BCUT2D eigenvalue weighted by molar-refractivity contribution is 5.93. The van der Waals surface area contributed by atoms with E-state index in [1.807, 2.05) is 68.0 Å². The number of nitrogens with zero attached hydrogens (tertiary/aromatic N) is 5. The molecule has 0 bridgehead atoms. The van der Waals surface area contributed by atoms with Crippen molar-refractivity contribution < 1.29 is 33.4 Å². The molecular formula is C49H55N9O7. The number of aromatic nitrogens is 5. The van der Waals surface area contributed by atoms with Gasteiger partial charge in [0.05, 0.1) is 61.3 Å². The molecule has 2 saturated heterocycles. The Labute approximate surface area is 377 Å². The number of aromatic amines is 2. The van der Waals surface area contributed by atoms with Crippen LogP contribution in [0, 0.1) is 11.8 Å². The fraction of sp³-hybridized carbons (Fsp3) is 0.388. The Balaban J connectivity index is 1.00. The highest BCUT2D eigenvalue weighted by Gasteiger charge is 2.39. The Morgan fingerprint density at radius 2 is 1.25 bits per heavy atom. The summed E-state index contributed by atoms with van der Waals surface area (Å²) in [4.78, 5) is 72.0. The number of amides is 4. The number of alkyl carbamates (subject to hydrolysis) is 2. The molecule has 3 aliphatic heterocycles. The quantitative estimate of drug-likeness (QED) is 0.0997. The van der Waals surface area contributed by atoms with E-state index < -0.39 is 30.5 Å². The topological polar surface area (TPSA) is 189 Å². The first-order valence-electron chi connectivity index (χ1n) is 22.4. The summed E-state index contributed by atoms with van der Waals surface area (Å²) in [5.74, 6) is 1.55. The zero-order chi connectivity index (χ0) is 45.5. The number of benzene rings is 3. The highest BCUT2D eigenvalue weighted by atomic mass is 16.5. The molecule has 0 spiro atoms. The second-order valence-corrected chi connectivity index (χ2v) is 17.7. The van der Waals surface area contributed by atoms with E-state index in [1.54, 1.807) is 6.20 Å². The van der Waals surface area contributed by atoms with Crippen LogP contribution in [0.3, 0.4) is 0 Å². The van der Waals surface area contributed by atoms with Crippen molar-refractivity contribution in [3.63, 3.8) is 0 Å². The van der Waals surface area contributed by atoms with Gasteiger partial charge in [-0.25, -0.2) is 19.6 Å². The normalized spacial score (nSPS) is 18.9. The van der Waals surface area contributed by atoms with Gasteiger partial charge in [0.15, 0.2) is 0 Å². The van der Waals surface area contributed by atoms with E-state index in [0.717, 1.165) is 81.7 Å². The summed E-state index contributed by atoms with van der Waals surface area (Å²) in [6.45, 7) is 8.75. The summed E-state index contributed by atoms with van der Waals surface area (Å²) in [5, 5.41) is 6.46. The third-order valence-electron chi connectivity index (χ3n) is 13.0. The minimum absolute atomic E-state index is 0.128. The molecule has 0 radical (unpaired) electrons. The molecule has 4 N–H and O–H groups in total. The molecule has 9 rings (SSSR count). The van der Waals surface area contributed by atoms with Gasteiger partial charge in [0.25, 0.3) is 0 Å². The Morgan fingerprint density at radius 3 is 1.78 bits per heavy atom. The van der Waals surface area contributed by atoms with E-state index in [9.17, 15) is 19.2 Å². The molecule has 6 aromatic rings. The Morgan fingerprint density at radius 1 is 0.708 bits per heavy atom. The zero-order valence-electron chi connectivity index (χ0n) is 37.5. The number of rotatable bonds is 11. The molecule has 5 atom stereocenters. The lowest BCUT2D eigenvalue weighted by molar-refractivity contribution is -0.136. The van der Waals surface area contributed by atoms with Crippen molar-refractivity contribution in [1.82, 2.24) is 44.9 Å². The van der Waals surface area contributed by atoms with Crippen LogP contribution in [0.2, 0.25) is 0 Å². The zero-order valence-corrected chi connectivity index (χ0v) is 37.5. The first kappa shape index (κ1) is 43.2. The van der Waals surface area contributed by atoms with Crippen LogP contribution >= 0.6 is 0 Å². The summed E-state index contributed by atoms with van der Waals surface area (Å²) in [6, 6.07) is 22.9. The van der Waals surface area contributed by atoms with Crippen LogP contribution in [-0.4, -0.2) is 97.7 Å². The van der Waals surface area contributed by atoms with Gasteiger partial charge in [-0.1, -0.05) is 70.2 Å². The predicted molar refractivity (Wildman–Crippen MR) is 243 cm³/mol. The van der Waals surface area contributed by atoms with Crippen molar-refractivity contribution in [2.75, 3.05) is 27.3 Å². The van der Waals surface area contributed by atoms with Crippen LogP contribution in [0.4, 0.5) is 9.59 Å². The molecule has 3 aromatic heterocycles. The third kappa shape index (κ3) is 8.17. The number of imidazole rings is 2. The standard InChI is InChI=1S/C49H55N9O7/c1-27(2)41(54-48(61)63-5)45(59)56-20-10-14-37(56)43-50-25-34(52-43)30-17-19-36-32(22-30)23-39-33-18-16-31(24-40(33)65-47(58(36)39)29-12-8-7-9-13-29)35-26-51-44(53-35)38-15-11-21-57(38)46(60)42(28(3)4)55-49(62)64-6/h7-9,12-13,16-19,22-28,37-38,41-42,47H,10-11,14-15,20-21H2,1-6H3,(H,50,52)(H,51,53)(H,54,61)(H,55,62)/t37-,38-,41?,42-,47?/m0/s1. The Bertz CT molecular complexity index is 2740. The van der Waals surface area contributed by atoms with Gasteiger partial charge in [-0.05, 0) is 67.9 Å². The average molecular weight is 882 g/mol. The van der Waals surface area contributed by atoms with Crippen molar-refractivity contribution in [2.45, 2.75) is 83.8 Å². The number of ether oxygens (including phenoxy) is 3. The van der Waals surface area contributed by atoms with Gasteiger partial charge >= 0.3 is 12.2 Å². The van der Waals surface area contributed by atoms with Crippen molar-refractivity contribution in [1.29, 1.82) is 0 Å². The lowest BCUT2D eigenvalue weighted by Crippen LogP contribution is -2.51. The third-order valence-corrected chi connectivity index (χ3v) is 13.0. The number of nitrogens with one attached hydrogen (secondary N) is 4. The lowest BCUT2D eigenvalue weighted by atomic mass is 10.0. The number of carbonyl (C=O) groups is 4. The van der Waals surface area contributed by atoms with Gasteiger partial charge in [-0.3, -0.25) is 9.59 Å². The smallest absolute Gasteiger partial charge is 0.407 e. The minimum Gasteiger partial charge on any atom is -0.465 e. The van der Waals surface area contributed by atoms with Gasteiger partial charge in [0.1, 0.15) is 29.5 Å². The summed E-state index contributed by atoms with van der Waals surface area (Å²) in [5.41, 5.74) is 7.43. The first-order valence-corrected chi connectivity index (χ1v) is 22.4. The molecule has 0 saturated carbocycles. The SMILES string of the molecule is COC(=O)NC(C(=O)N1CCC[C@H]1c1ncc(-c2ccc3c(c2)cc2n3C(c3ccccc3)Oc3cc(-c4cnc([C@@H]5CCCN5C(=O)[C@@H](NC(=O)OC)C(C)C)[nH]4)ccc3-2)[nH]1)C(C)C. The Hall–Kier alpha value is -7.10. The minimum atomic E-state index is -0.720. The van der Waals surface area contributed by atoms with E-state index in [2.05, 4.69) is 73.7 Å². The van der Waals surface area contributed by atoms with Crippen molar-refractivity contribution in [3.05, 3.63) is 102 Å². The average Bonchev–Trinajstić information content (AvgIpc) is 4.18. The maximum atomic E-state index is 13.8. The van der Waals surface area contributed by atoms with E-state index in [-0.39, 0.29) is 35.7 Å². The van der Waals surface area contributed by atoms with Crippen molar-refractivity contribution in [3.8, 4) is 39.5 Å². The van der Waals surface area contributed by atoms with Gasteiger partial charge < -0.3 is 49.2 Å². The summed E-state index contributed by atoms with van der Waals surface area (Å²) >= 11 is 0. The van der Waals surface area contributed by atoms with Crippen LogP contribution in [0.1, 0.15) is 88.9 Å². The number of hydrogen-bond donors (Lipinski definition) is 4. The number of carbonyl (C=O) groups excluding carboxylic acids is 4. The van der Waals surface area contributed by atoms with Crippen LogP contribution in [-0.2, 0) is 19.1 Å². The van der Waals surface area contributed by atoms with Crippen molar-refractivity contribution in [2.24, 2.45) is 11.8 Å². The van der Waals surface area contributed by atoms with Gasteiger partial charge in [-0.2, -0.15) is 0 Å². The lowest BCUT2D eigenvalue weighted by Gasteiger charge is -2.30. The van der Waals surface area contributed by atoms with Gasteiger partial charge in [0.2, 0.25) is 18.0 Å².